The number of amides is 1. The van der Waals surface area contributed by atoms with Crippen molar-refractivity contribution in [2.75, 3.05) is 5.32 Å². The van der Waals surface area contributed by atoms with Gasteiger partial charge in [0.05, 0.1) is 5.56 Å². The number of pyridine rings is 1. The maximum Gasteiger partial charge on any atom is 0.419 e. The maximum atomic E-state index is 13.1. The molecule has 0 aliphatic heterocycles. The van der Waals surface area contributed by atoms with E-state index in [0.717, 1.165) is 6.07 Å². The molecule has 1 heterocycles. The lowest BCUT2D eigenvalue weighted by molar-refractivity contribution is -0.140. The van der Waals surface area contributed by atoms with E-state index in [9.17, 15) is 22.4 Å². The molecular formula is C13H7ClF4N2O. The maximum absolute atomic E-state index is 13.1. The minimum atomic E-state index is -4.88. The van der Waals surface area contributed by atoms with Crippen LogP contribution in [0.4, 0.5) is 23.4 Å². The van der Waals surface area contributed by atoms with E-state index in [0.29, 0.717) is 12.1 Å². The predicted octanol–water partition coefficient (Wildman–Crippen LogP) is 4.15. The third-order valence-electron chi connectivity index (χ3n) is 2.49. The normalized spacial score (nSPS) is 11.3. The Morgan fingerprint density at radius 1 is 1.19 bits per heavy atom. The smallest absolute Gasteiger partial charge is 0.307 e. The minimum absolute atomic E-state index is 0.0744. The topological polar surface area (TPSA) is 42.0 Å². The van der Waals surface area contributed by atoms with Gasteiger partial charge in [0.2, 0.25) is 0 Å². The summed E-state index contributed by atoms with van der Waals surface area (Å²) >= 11 is 5.62. The van der Waals surface area contributed by atoms with Crippen molar-refractivity contribution in [3.63, 3.8) is 0 Å². The second-order valence-corrected chi connectivity index (χ2v) is 4.38. The third-order valence-corrected chi connectivity index (χ3v) is 2.70. The van der Waals surface area contributed by atoms with Crippen molar-refractivity contribution in [3.8, 4) is 0 Å². The summed E-state index contributed by atoms with van der Waals surface area (Å²) in [5, 5.41) is 2.39. The van der Waals surface area contributed by atoms with Gasteiger partial charge in [-0.2, -0.15) is 13.2 Å². The number of nitrogens with zero attached hydrogens (tertiary/aromatic N) is 1. The van der Waals surface area contributed by atoms with Crippen LogP contribution in [0, 0.1) is 5.82 Å². The summed E-state index contributed by atoms with van der Waals surface area (Å²) in [6, 6.07) is 6.37. The summed E-state index contributed by atoms with van der Waals surface area (Å²) in [4.78, 5) is 15.6. The van der Waals surface area contributed by atoms with Crippen LogP contribution in [0.2, 0.25) is 5.15 Å². The Hall–Kier alpha value is -2.15. The van der Waals surface area contributed by atoms with Crippen molar-refractivity contribution < 1.29 is 22.4 Å². The van der Waals surface area contributed by atoms with Gasteiger partial charge >= 0.3 is 6.18 Å². The van der Waals surface area contributed by atoms with Gasteiger partial charge in [0.1, 0.15) is 16.8 Å². The number of carbonyl (C=O) groups excluding carboxylic acids is 1. The number of halogens is 5. The molecule has 0 aliphatic carbocycles. The highest BCUT2D eigenvalue weighted by Gasteiger charge is 2.34. The summed E-state index contributed by atoms with van der Waals surface area (Å²) in [6.07, 6.45) is -4.88. The molecule has 0 saturated heterocycles. The van der Waals surface area contributed by atoms with Crippen LogP contribution in [0.3, 0.4) is 0 Å². The molecule has 1 aromatic heterocycles. The number of carbonyl (C=O) groups is 1. The van der Waals surface area contributed by atoms with Crippen LogP contribution in [-0.2, 0) is 6.18 Å². The zero-order valence-corrected chi connectivity index (χ0v) is 11.0. The molecule has 0 unspecified atom stereocenters. The van der Waals surface area contributed by atoms with Gasteiger partial charge in [-0.15, -0.1) is 0 Å². The Labute approximate surface area is 121 Å². The van der Waals surface area contributed by atoms with Crippen LogP contribution in [0.1, 0.15) is 15.9 Å². The van der Waals surface area contributed by atoms with E-state index in [1.165, 1.54) is 18.2 Å². The molecule has 21 heavy (non-hydrogen) atoms. The van der Waals surface area contributed by atoms with Gasteiger partial charge in [-0.25, -0.2) is 9.37 Å². The van der Waals surface area contributed by atoms with Crippen LogP contribution in [0.5, 0.6) is 0 Å². The van der Waals surface area contributed by atoms with Crippen LogP contribution in [0.25, 0.3) is 0 Å². The molecule has 8 heteroatoms. The SMILES string of the molecule is O=C(Nc1cccc(Cl)n1)c1ccc(F)c(C(F)(F)F)c1. The fourth-order valence-corrected chi connectivity index (χ4v) is 1.71. The van der Waals surface area contributed by atoms with Gasteiger partial charge in [-0.1, -0.05) is 17.7 Å². The quantitative estimate of drug-likeness (QED) is 0.668. The number of alkyl halides is 3. The third kappa shape index (κ3) is 3.69. The number of anilines is 1. The zero-order chi connectivity index (χ0) is 15.6. The molecule has 3 nitrogen and oxygen atoms in total. The molecule has 0 bridgehead atoms. The first-order chi connectivity index (χ1) is 9.77. The number of hydrogen-bond donors (Lipinski definition) is 1. The average molecular weight is 319 g/mol. The van der Waals surface area contributed by atoms with Crippen LogP contribution in [-0.4, -0.2) is 10.9 Å². The average Bonchev–Trinajstić information content (AvgIpc) is 2.37. The largest absolute Gasteiger partial charge is 0.419 e. The highest BCUT2D eigenvalue weighted by atomic mass is 35.5. The van der Waals surface area contributed by atoms with E-state index in [2.05, 4.69) is 10.3 Å². The van der Waals surface area contributed by atoms with Crippen molar-refractivity contribution in [2.45, 2.75) is 6.18 Å². The van der Waals surface area contributed by atoms with E-state index in [4.69, 9.17) is 11.6 Å². The highest BCUT2D eigenvalue weighted by Crippen LogP contribution is 2.32. The molecule has 0 spiro atoms. The monoisotopic (exact) mass is 318 g/mol. The Morgan fingerprint density at radius 3 is 2.52 bits per heavy atom. The van der Waals surface area contributed by atoms with Gasteiger partial charge in [0.15, 0.2) is 0 Å². The molecule has 0 aliphatic rings. The Balaban J connectivity index is 2.28. The van der Waals surface area contributed by atoms with Crippen molar-refractivity contribution in [2.24, 2.45) is 0 Å². The lowest BCUT2D eigenvalue weighted by Crippen LogP contribution is -2.15. The van der Waals surface area contributed by atoms with Crippen LogP contribution >= 0.6 is 11.6 Å². The number of hydrogen-bond acceptors (Lipinski definition) is 2. The second kappa shape index (κ2) is 5.69. The van der Waals surface area contributed by atoms with Crippen molar-refractivity contribution in [1.82, 2.24) is 4.98 Å². The molecule has 1 amide bonds. The molecule has 1 aromatic carbocycles. The van der Waals surface area contributed by atoms with E-state index in [-0.39, 0.29) is 16.5 Å². The summed E-state index contributed by atoms with van der Waals surface area (Å²) in [7, 11) is 0. The fraction of sp³-hybridized carbons (Fsp3) is 0.0769. The molecule has 2 rings (SSSR count). The molecule has 0 radical (unpaired) electrons. The van der Waals surface area contributed by atoms with E-state index >= 15 is 0 Å². The second-order valence-electron chi connectivity index (χ2n) is 3.99. The number of benzene rings is 1. The number of rotatable bonds is 2. The lowest BCUT2D eigenvalue weighted by atomic mass is 10.1. The minimum Gasteiger partial charge on any atom is -0.307 e. The molecular weight excluding hydrogens is 312 g/mol. The Bertz CT molecular complexity index is 688. The fourth-order valence-electron chi connectivity index (χ4n) is 1.55. The lowest BCUT2D eigenvalue weighted by Gasteiger charge is -2.10. The molecule has 0 atom stereocenters. The van der Waals surface area contributed by atoms with Crippen LogP contribution in [0.15, 0.2) is 36.4 Å². The zero-order valence-electron chi connectivity index (χ0n) is 10.2. The number of nitrogens with one attached hydrogen (secondary N) is 1. The van der Waals surface area contributed by atoms with E-state index < -0.39 is 23.5 Å². The Kier molecular flexibility index (Phi) is 4.13. The standard InChI is InChI=1S/C13H7ClF4N2O/c14-10-2-1-3-11(19-10)20-12(21)7-4-5-9(15)8(6-7)13(16,17)18/h1-6H,(H,19,20,21). The summed E-state index contributed by atoms with van der Waals surface area (Å²) in [5.74, 6) is -2.22. The van der Waals surface area contributed by atoms with Gasteiger partial charge < -0.3 is 5.32 Å². The first kappa shape index (κ1) is 15.2. The summed E-state index contributed by atoms with van der Waals surface area (Å²) < 4.78 is 50.8. The van der Waals surface area contributed by atoms with Gasteiger partial charge in [0.25, 0.3) is 5.91 Å². The van der Waals surface area contributed by atoms with Gasteiger partial charge in [-0.3, -0.25) is 4.79 Å². The van der Waals surface area contributed by atoms with E-state index in [1.54, 1.807) is 0 Å². The van der Waals surface area contributed by atoms with Crippen LogP contribution < -0.4 is 5.32 Å². The van der Waals surface area contributed by atoms with Crippen molar-refractivity contribution >= 4 is 23.3 Å². The van der Waals surface area contributed by atoms with E-state index in [1.807, 2.05) is 0 Å². The summed E-state index contributed by atoms with van der Waals surface area (Å²) in [5.41, 5.74) is -1.85. The molecule has 1 N–H and O–H groups in total. The molecule has 110 valence electrons. The first-order valence-electron chi connectivity index (χ1n) is 5.58. The highest BCUT2D eigenvalue weighted by molar-refractivity contribution is 6.29. The van der Waals surface area contributed by atoms with Gasteiger partial charge in [0, 0.05) is 5.56 Å². The molecule has 2 aromatic rings. The Morgan fingerprint density at radius 2 is 1.90 bits per heavy atom. The predicted molar refractivity (Wildman–Crippen MR) is 68.6 cm³/mol. The number of aromatic nitrogens is 1. The molecule has 0 fully saturated rings. The molecule has 0 saturated carbocycles. The van der Waals surface area contributed by atoms with Crippen molar-refractivity contribution in [3.05, 3.63) is 58.5 Å². The summed E-state index contributed by atoms with van der Waals surface area (Å²) in [6.45, 7) is 0. The van der Waals surface area contributed by atoms with Gasteiger partial charge in [-0.05, 0) is 30.3 Å². The first-order valence-corrected chi connectivity index (χ1v) is 5.96. The van der Waals surface area contributed by atoms with Crippen molar-refractivity contribution in [1.29, 1.82) is 0 Å².